The van der Waals surface area contributed by atoms with Crippen LogP contribution in [0.1, 0.15) is 15.9 Å². The maximum Gasteiger partial charge on any atom is 0.416 e. The predicted molar refractivity (Wildman–Crippen MR) is 104 cm³/mol. The summed E-state index contributed by atoms with van der Waals surface area (Å²) in [5.74, 6) is -0.777. The summed E-state index contributed by atoms with van der Waals surface area (Å²) in [6.45, 7) is 2.24. The summed E-state index contributed by atoms with van der Waals surface area (Å²) in [6, 6.07) is 6.84. The number of thiophene rings is 1. The molecular weight excluding hydrogens is 407 g/mol. The van der Waals surface area contributed by atoms with Gasteiger partial charge in [-0.3, -0.25) is 9.69 Å². The molecule has 1 aromatic carbocycles. The Hall–Kier alpha value is -2.59. The molecular formula is C19H20F3N3O3S. The molecule has 0 saturated carbocycles. The summed E-state index contributed by atoms with van der Waals surface area (Å²) in [5, 5.41) is 4.84. The zero-order valence-electron chi connectivity index (χ0n) is 15.7. The molecule has 0 atom stereocenters. The van der Waals surface area contributed by atoms with Gasteiger partial charge in [0.2, 0.25) is 5.91 Å². The number of piperazine rings is 1. The number of ether oxygens (including phenoxy) is 1. The predicted octanol–water partition coefficient (Wildman–Crippen LogP) is 3.31. The molecule has 0 bridgehead atoms. The largest absolute Gasteiger partial charge is 0.465 e. The second-order valence-electron chi connectivity index (χ2n) is 6.51. The van der Waals surface area contributed by atoms with E-state index < -0.39 is 17.7 Å². The number of anilines is 2. The summed E-state index contributed by atoms with van der Waals surface area (Å²) in [4.78, 5) is 27.8. The minimum absolute atomic E-state index is 0.134. The number of carbonyl (C=O) groups is 2. The minimum atomic E-state index is -4.37. The summed E-state index contributed by atoms with van der Waals surface area (Å²) < 4.78 is 43.4. The topological polar surface area (TPSA) is 61.9 Å². The van der Waals surface area contributed by atoms with E-state index in [-0.39, 0.29) is 12.5 Å². The molecule has 1 aromatic heterocycles. The minimum Gasteiger partial charge on any atom is -0.465 e. The van der Waals surface area contributed by atoms with Gasteiger partial charge in [-0.1, -0.05) is 6.07 Å². The average Bonchev–Trinajstić information content (AvgIpc) is 3.15. The molecule has 2 aromatic rings. The number of halogens is 3. The molecule has 3 rings (SSSR count). The van der Waals surface area contributed by atoms with Gasteiger partial charge in [-0.05, 0) is 29.6 Å². The molecule has 0 unspecified atom stereocenters. The first-order valence-electron chi connectivity index (χ1n) is 8.88. The van der Waals surface area contributed by atoms with Crippen LogP contribution in [0, 0.1) is 0 Å². The van der Waals surface area contributed by atoms with E-state index in [0.29, 0.717) is 42.4 Å². The maximum absolute atomic E-state index is 12.9. The number of esters is 1. The van der Waals surface area contributed by atoms with Gasteiger partial charge in [0.25, 0.3) is 0 Å². The third-order valence-electron chi connectivity index (χ3n) is 4.60. The van der Waals surface area contributed by atoms with E-state index in [1.165, 1.54) is 24.5 Å². The van der Waals surface area contributed by atoms with Crippen LogP contribution in [0.2, 0.25) is 0 Å². The molecule has 0 spiro atoms. The normalized spacial score (nSPS) is 15.2. The molecule has 1 fully saturated rings. The van der Waals surface area contributed by atoms with Crippen LogP contribution in [0.4, 0.5) is 23.9 Å². The number of carbonyl (C=O) groups excluding carboxylic acids is 2. The second-order valence-corrected chi connectivity index (χ2v) is 7.43. The number of alkyl halides is 3. The summed E-state index contributed by atoms with van der Waals surface area (Å²) in [7, 11) is 1.27. The highest BCUT2D eigenvalue weighted by Gasteiger charge is 2.31. The Balaban J connectivity index is 1.53. The Morgan fingerprint density at radius 2 is 1.90 bits per heavy atom. The molecule has 0 radical (unpaired) electrons. The number of hydrogen-bond donors (Lipinski definition) is 1. The monoisotopic (exact) mass is 427 g/mol. The average molecular weight is 427 g/mol. The van der Waals surface area contributed by atoms with Gasteiger partial charge in [0.15, 0.2) is 0 Å². The number of benzene rings is 1. The van der Waals surface area contributed by atoms with Crippen molar-refractivity contribution in [3.8, 4) is 0 Å². The highest BCUT2D eigenvalue weighted by atomic mass is 32.1. The lowest BCUT2D eigenvalue weighted by atomic mass is 10.1. The molecule has 2 heterocycles. The van der Waals surface area contributed by atoms with Gasteiger partial charge in [0, 0.05) is 31.9 Å². The van der Waals surface area contributed by atoms with Crippen molar-refractivity contribution in [1.29, 1.82) is 0 Å². The van der Waals surface area contributed by atoms with Crippen LogP contribution < -0.4 is 10.2 Å². The molecule has 1 saturated heterocycles. The number of methoxy groups -OCH3 is 1. The number of amides is 1. The fourth-order valence-electron chi connectivity index (χ4n) is 3.09. The fraction of sp³-hybridized carbons (Fsp3) is 0.368. The molecule has 156 valence electrons. The molecule has 1 aliphatic heterocycles. The van der Waals surface area contributed by atoms with Crippen molar-refractivity contribution in [2.45, 2.75) is 6.18 Å². The van der Waals surface area contributed by atoms with Crippen molar-refractivity contribution in [1.82, 2.24) is 4.90 Å². The summed E-state index contributed by atoms with van der Waals surface area (Å²) in [6.07, 6.45) is -4.37. The standard InChI is InChI=1S/C19H20F3N3O3S/c1-28-18(27)15-5-10-29-17(15)23-16(26)12-24-6-8-25(9-7-24)14-4-2-3-13(11-14)19(20,21)22/h2-5,10-11H,6-9,12H2,1H3,(H,23,26). The van der Waals surface area contributed by atoms with E-state index in [4.69, 9.17) is 0 Å². The number of rotatable bonds is 5. The summed E-state index contributed by atoms with van der Waals surface area (Å²) >= 11 is 1.23. The van der Waals surface area contributed by atoms with Crippen molar-refractivity contribution < 1.29 is 27.5 Å². The Bertz CT molecular complexity index is 877. The van der Waals surface area contributed by atoms with Crippen LogP contribution in [0.3, 0.4) is 0 Å². The highest BCUT2D eigenvalue weighted by molar-refractivity contribution is 7.14. The zero-order chi connectivity index (χ0) is 21.0. The molecule has 6 nitrogen and oxygen atoms in total. The molecule has 10 heteroatoms. The summed E-state index contributed by atoms with van der Waals surface area (Å²) in [5.41, 5.74) is 0.152. The van der Waals surface area contributed by atoms with E-state index in [9.17, 15) is 22.8 Å². The van der Waals surface area contributed by atoms with Crippen molar-refractivity contribution >= 4 is 33.9 Å². The zero-order valence-corrected chi connectivity index (χ0v) is 16.5. The van der Waals surface area contributed by atoms with Gasteiger partial charge >= 0.3 is 12.1 Å². The van der Waals surface area contributed by atoms with E-state index in [2.05, 4.69) is 10.1 Å². The van der Waals surface area contributed by atoms with Crippen molar-refractivity contribution in [3.05, 3.63) is 46.8 Å². The first-order chi connectivity index (χ1) is 13.8. The van der Waals surface area contributed by atoms with Crippen molar-refractivity contribution in [2.75, 3.05) is 50.1 Å². The molecule has 29 heavy (non-hydrogen) atoms. The Kier molecular flexibility index (Phi) is 6.43. The highest BCUT2D eigenvalue weighted by Crippen LogP contribution is 2.32. The van der Waals surface area contributed by atoms with Gasteiger partial charge in [-0.25, -0.2) is 4.79 Å². The van der Waals surface area contributed by atoms with Gasteiger partial charge in [-0.2, -0.15) is 13.2 Å². The van der Waals surface area contributed by atoms with Crippen LogP contribution >= 0.6 is 11.3 Å². The molecule has 1 amide bonds. The smallest absolute Gasteiger partial charge is 0.416 e. The third-order valence-corrected chi connectivity index (χ3v) is 5.43. The Morgan fingerprint density at radius 1 is 1.17 bits per heavy atom. The fourth-order valence-corrected chi connectivity index (χ4v) is 3.88. The van der Waals surface area contributed by atoms with E-state index >= 15 is 0 Å². The SMILES string of the molecule is COC(=O)c1ccsc1NC(=O)CN1CCN(c2cccc(C(F)(F)F)c2)CC1. The third kappa shape index (κ3) is 5.27. The lowest BCUT2D eigenvalue weighted by Crippen LogP contribution is -2.48. The lowest BCUT2D eigenvalue weighted by molar-refractivity contribution is -0.137. The van der Waals surface area contributed by atoms with Crippen molar-refractivity contribution in [2.24, 2.45) is 0 Å². The van der Waals surface area contributed by atoms with Crippen LogP contribution in [-0.4, -0.2) is 56.6 Å². The second kappa shape index (κ2) is 8.83. The lowest BCUT2D eigenvalue weighted by Gasteiger charge is -2.35. The van der Waals surface area contributed by atoms with E-state index in [1.807, 2.05) is 9.80 Å². The molecule has 0 aliphatic carbocycles. The Morgan fingerprint density at radius 3 is 2.55 bits per heavy atom. The van der Waals surface area contributed by atoms with E-state index in [1.54, 1.807) is 17.5 Å². The first kappa shape index (κ1) is 21.1. The van der Waals surface area contributed by atoms with Gasteiger partial charge in [-0.15, -0.1) is 11.3 Å². The Labute approximate surface area is 169 Å². The van der Waals surface area contributed by atoms with Gasteiger partial charge in [0.1, 0.15) is 5.00 Å². The number of nitrogens with zero attached hydrogens (tertiary/aromatic N) is 2. The number of hydrogen-bond acceptors (Lipinski definition) is 6. The van der Waals surface area contributed by atoms with Crippen LogP contribution in [0.5, 0.6) is 0 Å². The maximum atomic E-state index is 12.9. The number of nitrogens with one attached hydrogen (secondary N) is 1. The van der Waals surface area contributed by atoms with Crippen LogP contribution in [0.15, 0.2) is 35.7 Å². The van der Waals surface area contributed by atoms with Crippen LogP contribution in [0.25, 0.3) is 0 Å². The quantitative estimate of drug-likeness (QED) is 0.742. The van der Waals surface area contributed by atoms with Crippen LogP contribution in [-0.2, 0) is 15.7 Å². The molecule has 1 N–H and O–H groups in total. The first-order valence-corrected chi connectivity index (χ1v) is 9.76. The van der Waals surface area contributed by atoms with Crippen molar-refractivity contribution in [3.63, 3.8) is 0 Å². The molecule has 1 aliphatic rings. The van der Waals surface area contributed by atoms with E-state index in [0.717, 1.165) is 12.1 Å². The van der Waals surface area contributed by atoms with Gasteiger partial charge in [0.05, 0.1) is 24.8 Å². The van der Waals surface area contributed by atoms with Gasteiger partial charge < -0.3 is 15.0 Å².